The van der Waals surface area contributed by atoms with Crippen molar-refractivity contribution in [2.45, 2.75) is 20.8 Å². The maximum absolute atomic E-state index is 4.93. The molecule has 1 aliphatic heterocycles. The molecule has 0 aromatic heterocycles. The summed E-state index contributed by atoms with van der Waals surface area (Å²) in [7, 11) is 10.7. The molecule has 0 nitrogen and oxygen atoms in total. The standard InChI is InChI=1S/C24H21.C12H7Si.2ClH.Zr/c1-16-11-17(2)14-21(13-16)24-22(19-7-5-4-6-8-19)10-9-20-12-18(3)15-23(20)24;1-3-7-11-9(5-1)10-6-2-4-8-12(10)13-11;;;/h4-15H,1-3H3;1-7H;2*1H;/q2*-1;;;+4/p-2. The molecule has 7 rings (SSSR count). The molecule has 1 aliphatic rings. The van der Waals surface area contributed by atoms with Gasteiger partial charge in [-0.05, 0) is 30.5 Å². The normalized spacial score (nSPS) is 10.9. The minimum absolute atomic E-state index is 0.795. The van der Waals surface area contributed by atoms with E-state index in [4.69, 9.17) is 17.0 Å². The maximum Gasteiger partial charge on any atom is 0.0920 e. The van der Waals surface area contributed by atoms with Crippen molar-refractivity contribution in [1.29, 1.82) is 0 Å². The van der Waals surface area contributed by atoms with Crippen LogP contribution in [-0.2, 0) is 20.8 Å². The average Bonchev–Trinajstić information content (AvgIpc) is 3.53. The molecule has 0 aliphatic carbocycles. The van der Waals surface area contributed by atoms with E-state index in [1.54, 1.807) is 0 Å². The van der Waals surface area contributed by atoms with Crippen molar-refractivity contribution in [3.8, 4) is 33.4 Å². The molecule has 0 saturated carbocycles. The summed E-state index contributed by atoms with van der Waals surface area (Å²) in [6, 6.07) is 44.8. The first-order chi connectivity index (χ1) is 19.5. The second kappa shape index (κ2) is 13.4. The average molecular weight is 651 g/mol. The van der Waals surface area contributed by atoms with Gasteiger partial charge in [0.05, 0.1) is 9.52 Å². The Morgan fingerprint density at radius 3 is 2.10 bits per heavy atom. The maximum atomic E-state index is 4.93. The molecule has 0 fully saturated rings. The summed E-state index contributed by atoms with van der Waals surface area (Å²) < 4.78 is 0. The number of hydrogen-bond donors (Lipinski definition) is 0. The summed E-state index contributed by atoms with van der Waals surface area (Å²) in [6.45, 7) is 6.53. The zero-order valence-corrected chi connectivity index (χ0v) is 27.7. The number of aryl methyl sites for hydroxylation is 3. The van der Waals surface area contributed by atoms with Crippen LogP contribution < -0.4 is 10.4 Å². The van der Waals surface area contributed by atoms with Crippen molar-refractivity contribution in [2.24, 2.45) is 0 Å². The first kappa shape index (κ1) is 28.9. The number of fused-ring (bicyclic) bond motifs is 4. The quantitative estimate of drug-likeness (QED) is 0.129. The minimum atomic E-state index is -0.826. The molecule has 0 unspecified atom stereocenters. The van der Waals surface area contributed by atoms with Crippen LogP contribution in [0, 0.1) is 26.8 Å². The van der Waals surface area contributed by atoms with E-state index >= 15 is 0 Å². The van der Waals surface area contributed by atoms with Gasteiger partial charge in [-0.25, -0.2) is 0 Å². The Morgan fingerprint density at radius 1 is 0.675 bits per heavy atom. The topological polar surface area (TPSA) is 0 Å². The summed E-state index contributed by atoms with van der Waals surface area (Å²) in [5, 5.41) is 5.49. The third-order valence-corrected chi connectivity index (χ3v) is 8.33. The van der Waals surface area contributed by atoms with Gasteiger partial charge < -0.3 is 0 Å². The number of rotatable bonds is 2. The molecular formula is C36H28Cl2SiZr. The molecule has 2 radical (unpaired) electrons. The Morgan fingerprint density at radius 2 is 1.35 bits per heavy atom. The first-order valence-electron chi connectivity index (χ1n) is 13.2. The molecule has 6 aromatic rings. The van der Waals surface area contributed by atoms with Crippen LogP contribution in [0.5, 0.6) is 0 Å². The Hall–Kier alpha value is -2.61. The van der Waals surface area contributed by atoms with E-state index in [1.165, 1.54) is 71.2 Å². The molecule has 0 N–H and O–H groups in total. The van der Waals surface area contributed by atoms with Gasteiger partial charge in [0.15, 0.2) is 0 Å². The molecule has 1 heterocycles. The van der Waals surface area contributed by atoms with E-state index in [2.05, 4.69) is 136 Å². The van der Waals surface area contributed by atoms with E-state index in [-0.39, 0.29) is 0 Å². The fourth-order valence-electron chi connectivity index (χ4n) is 5.45. The van der Waals surface area contributed by atoms with E-state index in [9.17, 15) is 0 Å². The fraction of sp³-hybridized carbons (Fsp3) is 0.0833. The van der Waals surface area contributed by atoms with E-state index in [0.717, 1.165) is 9.52 Å². The second-order valence-corrected chi connectivity index (χ2v) is 15.0. The van der Waals surface area contributed by atoms with Gasteiger partial charge in [-0.3, -0.25) is 0 Å². The number of halogens is 2. The predicted octanol–water partition coefficient (Wildman–Crippen LogP) is 9.32. The Balaban J connectivity index is 0.000000168. The van der Waals surface area contributed by atoms with Crippen molar-refractivity contribution in [2.75, 3.05) is 0 Å². The third kappa shape index (κ3) is 6.48. The van der Waals surface area contributed by atoms with Gasteiger partial charge in [-0.15, -0.1) is 34.0 Å². The van der Waals surface area contributed by atoms with Gasteiger partial charge in [0.2, 0.25) is 0 Å². The molecule has 6 aromatic carbocycles. The smallest absolute Gasteiger partial charge is 0.0920 e. The molecule has 4 heteroatoms. The largest absolute Gasteiger partial charge is 0.184 e. The second-order valence-electron chi connectivity index (χ2n) is 9.97. The van der Waals surface area contributed by atoms with Gasteiger partial charge in [-0.2, -0.15) is 35.5 Å². The third-order valence-electron chi connectivity index (χ3n) is 6.96. The van der Waals surface area contributed by atoms with Crippen molar-refractivity contribution in [1.82, 2.24) is 0 Å². The van der Waals surface area contributed by atoms with E-state index in [1.807, 2.05) is 6.07 Å². The van der Waals surface area contributed by atoms with Gasteiger partial charge in [0.25, 0.3) is 0 Å². The molecule has 40 heavy (non-hydrogen) atoms. The van der Waals surface area contributed by atoms with E-state index < -0.39 is 20.8 Å². The molecule has 0 bridgehead atoms. The van der Waals surface area contributed by atoms with Crippen molar-refractivity contribution >= 4 is 47.7 Å². The van der Waals surface area contributed by atoms with Crippen LogP contribution in [0.1, 0.15) is 16.7 Å². The van der Waals surface area contributed by atoms with Crippen LogP contribution in [0.25, 0.3) is 44.2 Å². The van der Waals surface area contributed by atoms with Crippen molar-refractivity contribution < 1.29 is 20.8 Å². The molecule has 0 saturated heterocycles. The van der Waals surface area contributed by atoms with Crippen LogP contribution >= 0.6 is 17.0 Å². The minimum Gasteiger partial charge on any atom is -0.184 e. The molecule has 194 valence electrons. The van der Waals surface area contributed by atoms with Crippen LogP contribution in [0.2, 0.25) is 0 Å². The molecule has 0 amide bonds. The number of hydrogen-bond acceptors (Lipinski definition) is 0. The monoisotopic (exact) mass is 648 g/mol. The van der Waals surface area contributed by atoms with Gasteiger partial charge in [0, 0.05) is 0 Å². The first-order valence-corrected chi connectivity index (χ1v) is 20.5. The van der Waals surface area contributed by atoms with Crippen LogP contribution in [0.4, 0.5) is 0 Å². The van der Waals surface area contributed by atoms with Crippen LogP contribution in [0.3, 0.4) is 0 Å². The predicted molar refractivity (Wildman–Crippen MR) is 172 cm³/mol. The molecule has 0 atom stereocenters. The summed E-state index contributed by atoms with van der Waals surface area (Å²) in [5.41, 5.74) is 11.9. The summed E-state index contributed by atoms with van der Waals surface area (Å²) >= 11 is -0.826. The zero-order chi connectivity index (χ0) is 28.1. The fourth-order valence-corrected chi connectivity index (χ4v) is 6.76. The summed E-state index contributed by atoms with van der Waals surface area (Å²) in [4.78, 5) is 0. The summed E-state index contributed by atoms with van der Waals surface area (Å²) in [5.74, 6) is 0. The molecular weight excluding hydrogens is 623 g/mol. The van der Waals surface area contributed by atoms with Crippen LogP contribution in [-0.4, -0.2) is 9.52 Å². The van der Waals surface area contributed by atoms with Crippen molar-refractivity contribution in [3.05, 3.63) is 138 Å². The van der Waals surface area contributed by atoms with Gasteiger partial charge >= 0.3 is 37.9 Å². The zero-order valence-electron chi connectivity index (χ0n) is 22.7. The summed E-state index contributed by atoms with van der Waals surface area (Å²) in [6.07, 6.45) is 0. The molecule has 0 spiro atoms. The Bertz CT molecular complexity index is 1690. The van der Waals surface area contributed by atoms with Crippen molar-refractivity contribution in [3.63, 3.8) is 0 Å². The van der Waals surface area contributed by atoms with Gasteiger partial charge in [0.1, 0.15) is 0 Å². The Labute approximate surface area is 258 Å². The SMILES string of the molecule is Cc1cc(C)cc(-c2c(-c3ccccc3)ccc3[cH-]c(C)cc23)c1.[Cl][Zr+2][Cl].[c-]1cccc2c1[Si]c1ccccc1-2. The Kier molecular flexibility index (Phi) is 9.66. The van der Waals surface area contributed by atoms with E-state index in [0.29, 0.717) is 0 Å². The van der Waals surface area contributed by atoms with Crippen LogP contribution in [0.15, 0.2) is 115 Å². The van der Waals surface area contributed by atoms with Gasteiger partial charge in [-0.1, -0.05) is 113 Å². The number of benzene rings is 5.